The number of rotatable bonds is 3. The fraction of sp³-hybridized carbons (Fsp3) is 0.533. The molecule has 0 aromatic heterocycles. The first-order valence-electron chi connectivity index (χ1n) is 6.96. The molecule has 0 aliphatic heterocycles. The van der Waals surface area contributed by atoms with Crippen LogP contribution in [0.5, 0.6) is 0 Å². The Morgan fingerprint density at radius 3 is 2.75 bits per heavy atom. The Morgan fingerprint density at radius 2 is 2.10 bits per heavy atom. The van der Waals surface area contributed by atoms with Gasteiger partial charge in [0, 0.05) is 23.1 Å². The molecule has 1 aromatic rings. The van der Waals surface area contributed by atoms with Crippen LogP contribution in [0.2, 0.25) is 0 Å². The monoisotopic (exact) mass is 342 g/mol. The highest BCUT2D eigenvalue weighted by molar-refractivity contribution is 9.10. The Kier molecular flexibility index (Phi) is 5.16. The van der Waals surface area contributed by atoms with Gasteiger partial charge in [-0.1, -0.05) is 28.8 Å². The SMILES string of the molecule is CN(C(=O)c1cc(F)cc(Br)c1)C1CCCCC1CN. The van der Waals surface area contributed by atoms with E-state index < -0.39 is 5.82 Å². The minimum atomic E-state index is -0.407. The van der Waals surface area contributed by atoms with Gasteiger partial charge in [0.25, 0.3) is 5.91 Å². The van der Waals surface area contributed by atoms with Gasteiger partial charge in [-0.25, -0.2) is 4.39 Å². The molecule has 1 fully saturated rings. The average Bonchev–Trinajstić information content (AvgIpc) is 2.44. The van der Waals surface area contributed by atoms with E-state index in [1.54, 1.807) is 18.0 Å². The van der Waals surface area contributed by atoms with E-state index in [9.17, 15) is 9.18 Å². The Bertz CT molecular complexity index is 475. The fourth-order valence-electron chi connectivity index (χ4n) is 3.00. The third-order valence-electron chi connectivity index (χ3n) is 4.10. The molecule has 0 bridgehead atoms. The van der Waals surface area contributed by atoms with Gasteiger partial charge in [-0.05, 0) is 43.5 Å². The van der Waals surface area contributed by atoms with Gasteiger partial charge in [0.05, 0.1) is 0 Å². The van der Waals surface area contributed by atoms with E-state index >= 15 is 0 Å². The summed E-state index contributed by atoms with van der Waals surface area (Å²) >= 11 is 3.22. The second kappa shape index (κ2) is 6.68. The highest BCUT2D eigenvalue weighted by atomic mass is 79.9. The van der Waals surface area contributed by atoms with Crippen LogP contribution in [0.3, 0.4) is 0 Å². The van der Waals surface area contributed by atoms with Crippen LogP contribution in [-0.2, 0) is 0 Å². The van der Waals surface area contributed by atoms with Crippen molar-refractivity contribution in [1.29, 1.82) is 0 Å². The first-order chi connectivity index (χ1) is 9.52. The molecule has 2 atom stereocenters. The van der Waals surface area contributed by atoms with Crippen LogP contribution in [0, 0.1) is 11.7 Å². The summed E-state index contributed by atoms with van der Waals surface area (Å²) < 4.78 is 14.0. The lowest BCUT2D eigenvalue weighted by molar-refractivity contribution is 0.0620. The highest BCUT2D eigenvalue weighted by Gasteiger charge is 2.30. The van der Waals surface area contributed by atoms with Gasteiger partial charge in [0.1, 0.15) is 5.82 Å². The summed E-state index contributed by atoms with van der Waals surface area (Å²) in [6, 6.07) is 4.44. The van der Waals surface area contributed by atoms with E-state index in [1.165, 1.54) is 18.6 Å². The second-order valence-corrected chi connectivity index (χ2v) is 6.34. The van der Waals surface area contributed by atoms with Crippen LogP contribution in [0.1, 0.15) is 36.0 Å². The summed E-state index contributed by atoms with van der Waals surface area (Å²) in [6.07, 6.45) is 4.32. The lowest BCUT2D eigenvalue weighted by Crippen LogP contribution is -2.45. The van der Waals surface area contributed by atoms with Crippen LogP contribution in [0.15, 0.2) is 22.7 Å². The number of carbonyl (C=O) groups is 1. The van der Waals surface area contributed by atoms with E-state index in [0.29, 0.717) is 22.5 Å². The molecule has 1 amide bonds. The molecule has 1 aromatic carbocycles. The zero-order chi connectivity index (χ0) is 14.7. The average molecular weight is 343 g/mol. The summed E-state index contributed by atoms with van der Waals surface area (Å²) in [5, 5.41) is 0. The summed E-state index contributed by atoms with van der Waals surface area (Å²) in [5.41, 5.74) is 6.19. The highest BCUT2D eigenvalue weighted by Crippen LogP contribution is 2.28. The largest absolute Gasteiger partial charge is 0.338 e. The lowest BCUT2D eigenvalue weighted by atomic mass is 9.83. The van der Waals surface area contributed by atoms with Crippen molar-refractivity contribution in [2.75, 3.05) is 13.6 Å². The Hall–Kier alpha value is -0.940. The number of nitrogens with zero attached hydrogens (tertiary/aromatic N) is 1. The first-order valence-corrected chi connectivity index (χ1v) is 7.75. The van der Waals surface area contributed by atoms with Crippen molar-refractivity contribution in [2.24, 2.45) is 11.7 Å². The van der Waals surface area contributed by atoms with E-state index in [-0.39, 0.29) is 11.9 Å². The van der Waals surface area contributed by atoms with Crippen molar-refractivity contribution in [3.63, 3.8) is 0 Å². The molecule has 0 heterocycles. The summed E-state index contributed by atoms with van der Waals surface area (Å²) in [7, 11) is 1.79. The van der Waals surface area contributed by atoms with Crippen LogP contribution < -0.4 is 5.73 Å². The van der Waals surface area contributed by atoms with E-state index in [2.05, 4.69) is 15.9 Å². The fourth-order valence-corrected chi connectivity index (χ4v) is 3.47. The minimum absolute atomic E-state index is 0.143. The predicted octanol–water partition coefficient (Wildman–Crippen LogP) is 3.18. The molecule has 1 aliphatic rings. The van der Waals surface area contributed by atoms with Crippen molar-refractivity contribution in [3.05, 3.63) is 34.1 Å². The van der Waals surface area contributed by atoms with Gasteiger partial charge in [0.2, 0.25) is 0 Å². The molecule has 1 saturated carbocycles. The van der Waals surface area contributed by atoms with Gasteiger partial charge >= 0.3 is 0 Å². The molecule has 1 aliphatic carbocycles. The van der Waals surface area contributed by atoms with E-state index in [4.69, 9.17) is 5.73 Å². The Labute approximate surface area is 127 Å². The summed E-state index contributed by atoms with van der Waals surface area (Å²) in [5.74, 6) is -0.208. The second-order valence-electron chi connectivity index (χ2n) is 5.42. The number of amides is 1. The third kappa shape index (κ3) is 3.38. The van der Waals surface area contributed by atoms with Crippen LogP contribution in [0.4, 0.5) is 4.39 Å². The molecule has 0 spiro atoms. The molecule has 2 rings (SSSR count). The van der Waals surface area contributed by atoms with Gasteiger partial charge in [-0.2, -0.15) is 0 Å². The number of hydrogen-bond acceptors (Lipinski definition) is 2. The molecular weight excluding hydrogens is 323 g/mol. The number of hydrogen-bond donors (Lipinski definition) is 1. The number of nitrogens with two attached hydrogens (primary N) is 1. The van der Waals surface area contributed by atoms with E-state index in [1.807, 2.05) is 0 Å². The molecule has 3 nitrogen and oxygen atoms in total. The van der Waals surface area contributed by atoms with Gasteiger partial charge in [0.15, 0.2) is 0 Å². The maximum atomic E-state index is 13.4. The summed E-state index contributed by atoms with van der Waals surface area (Å²) in [4.78, 5) is 14.2. The third-order valence-corrected chi connectivity index (χ3v) is 4.56. The van der Waals surface area contributed by atoms with Crippen molar-refractivity contribution in [2.45, 2.75) is 31.7 Å². The molecule has 2 unspecified atom stereocenters. The number of benzene rings is 1. The topological polar surface area (TPSA) is 46.3 Å². The molecule has 20 heavy (non-hydrogen) atoms. The normalized spacial score (nSPS) is 22.6. The molecule has 5 heteroatoms. The first kappa shape index (κ1) is 15.4. The summed E-state index contributed by atoms with van der Waals surface area (Å²) in [6.45, 7) is 0.592. The van der Waals surface area contributed by atoms with Crippen LogP contribution >= 0.6 is 15.9 Å². The van der Waals surface area contributed by atoms with Gasteiger partial charge in [-0.15, -0.1) is 0 Å². The maximum absolute atomic E-state index is 13.4. The van der Waals surface area contributed by atoms with Crippen molar-refractivity contribution >= 4 is 21.8 Å². The zero-order valence-corrected chi connectivity index (χ0v) is 13.2. The molecular formula is C15H20BrFN2O. The molecule has 0 saturated heterocycles. The van der Waals surface area contributed by atoms with Gasteiger partial charge < -0.3 is 10.6 Å². The minimum Gasteiger partial charge on any atom is -0.338 e. The Balaban J connectivity index is 2.18. The van der Waals surface area contributed by atoms with Gasteiger partial charge in [-0.3, -0.25) is 4.79 Å². The van der Waals surface area contributed by atoms with Crippen molar-refractivity contribution in [1.82, 2.24) is 4.90 Å². The van der Waals surface area contributed by atoms with Crippen molar-refractivity contribution in [3.8, 4) is 0 Å². The quantitative estimate of drug-likeness (QED) is 0.916. The lowest BCUT2D eigenvalue weighted by Gasteiger charge is -2.37. The van der Waals surface area contributed by atoms with Crippen LogP contribution in [0.25, 0.3) is 0 Å². The van der Waals surface area contributed by atoms with Crippen LogP contribution in [-0.4, -0.2) is 30.4 Å². The number of carbonyl (C=O) groups excluding carboxylic acids is 1. The predicted molar refractivity (Wildman–Crippen MR) is 81.0 cm³/mol. The molecule has 2 N–H and O–H groups in total. The standard InChI is InChI=1S/C15H20BrFN2O/c1-19(14-5-3-2-4-10(14)9-18)15(20)11-6-12(16)8-13(17)7-11/h6-8,10,14H,2-5,9,18H2,1H3. The number of halogens is 2. The molecule has 0 radical (unpaired) electrons. The smallest absolute Gasteiger partial charge is 0.253 e. The van der Waals surface area contributed by atoms with Crippen molar-refractivity contribution < 1.29 is 9.18 Å². The Morgan fingerprint density at radius 1 is 1.40 bits per heavy atom. The molecule has 110 valence electrons. The maximum Gasteiger partial charge on any atom is 0.253 e. The van der Waals surface area contributed by atoms with E-state index in [0.717, 1.165) is 19.3 Å². The zero-order valence-electron chi connectivity index (χ0n) is 11.6.